The van der Waals surface area contributed by atoms with Crippen LogP contribution in [-0.2, 0) is 0 Å². The van der Waals surface area contributed by atoms with Crippen LogP contribution in [0.3, 0.4) is 0 Å². The highest BCUT2D eigenvalue weighted by molar-refractivity contribution is 7.15. The number of aryl methyl sites for hydroxylation is 1. The van der Waals surface area contributed by atoms with Gasteiger partial charge in [0.2, 0.25) is 4.96 Å². The van der Waals surface area contributed by atoms with E-state index in [1.165, 1.54) is 11.3 Å². The summed E-state index contributed by atoms with van der Waals surface area (Å²) < 4.78 is 1.66. The van der Waals surface area contributed by atoms with Gasteiger partial charge in [0.15, 0.2) is 5.69 Å². The Bertz CT molecular complexity index is 893. The van der Waals surface area contributed by atoms with Crippen molar-refractivity contribution < 1.29 is 5.11 Å². The molecule has 0 saturated carbocycles. The van der Waals surface area contributed by atoms with E-state index in [-0.39, 0.29) is 23.7 Å². The number of benzene rings is 1. The van der Waals surface area contributed by atoms with Crippen LogP contribution in [0.15, 0.2) is 34.4 Å². The maximum Gasteiger partial charge on any atom is 0.300 e. The number of nitrogens with zero attached hydrogens (tertiary/aromatic N) is 3. The molecule has 6 nitrogen and oxygen atoms in total. The van der Waals surface area contributed by atoms with Gasteiger partial charge in [-0.05, 0) is 13.0 Å². The number of rotatable bonds is 5. The molecule has 23 heavy (non-hydrogen) atoms. The lowest BCUT2D eigenvalue weighted by Gasteiger charge is -2.13. The third kappa shape index (κ3) is 3.21. The van der Waals surface area contributed by atoms with Crippen LogP contribution in [0.5, 0.6) is 0 Å². The van der Waals surface area contributed by atoms with Crippen molar-refractivity contribution in [2.75, 3.05) is 17.7 Å². The van der Waals surface area contributed by atoms with E-state index < -0.39 is 6.10 Å². The predicted octanol–water partition coefficient (Wildman–Crippen LogP) is 2.14. The van der Waals surface area contributed by atoms with Crippen LogP contribution in [0.4, 0.5) is 5.69 Å². The van der Waals surface area contributed by atoms with Gasteiger partial charge in [-0.15, -0.1) is 22.9 Å². The first-order chi connectivity index (χ1) is 11.1. The van der Waals surface area contributed by atoms with E-state index in [9.17, 15) is 9.90 Å². The van der Waals surface area contributed by atoms with Gasteiger partial charge in [-0.25, -0.2) is 4.52 Å². The topological polar surface area (TPSA) is 79.5 Å². The van der Waals surface area contributed by atoms with Gasteiger partial charge in [-0.3, -0.25) is 4.79 Å². The highest BCUT2D eigenvalue weighted by atomic mass is 35.5. The van der Waals surface area contributed by atoms with Crippen LogP contribution in [0.2, 0.25) is 0 Å². The number of thiazole rings is 1. The second-order valence-corrected chi connectivity index (χ2v) is 6.22. The molecule has 2 aromatic heterocycles. The molecular formula is C15H15ClN4O2S. The van der Waals surface area contributed by atoms with Crippen molar-refractivity contribution in [2.45, 2.75) is 13.0 Å². The maximum atomic E-state index is 12.3. The lowest BCUT2D eigenvalue weighted by Crippen LogP contribution is -2.22. The van der Waals surface area contributed by atoms with Crippen LogP contribution in [-0.4, -0.2) is 38.2 Å². The molecule has 0 radical (unpaired) electrons. The minimum absolute atomic E-state index is 0.137. The standard InChI is InChI=1S/C15H15ClN4O2S/c1-9-8-23-15-18-14(22)13(19-20(9)15)11-4-2-3-5-12(11)17-7-10(21)6-16/h2-5,8,10,17,21H,6-7H2,1H3. The summed E-state index contributed by atoms with van der Waals surface area (Å²) in [6.45, 7) is 2.20. The highest BCUT2D eigenvalue weighted by Crippen LogP contribution is 2.24. The molecular weight excluding hydrogens is 336 g/mol. The molecule has 1 atom stereocenters. The summed E-state index contributed by atoms with van der Waals surface area (Å²) in [5.41, 5.74) is 2.16. The first-order valence-corrected chi connectivity index (χ1v) is 8.44. The smallest absolute Gasteiger partial charge is 0.300 e. The Hall–Kier alpha value is -1.96. The van der Waals surface area contributed by atoms with Crippen molar-refractivity contribution in [1.82, 2.24) is 14.6 Å². The number of halogens is 1. The first-order valence-electron chi connectivity index (χ1n) is 7.02. The van der Waals surface area contributed by atoms with Crippen molar-refractivity contribution in [3.8, 4) is 11.3 Å². The first kappa shape index (κ1) is 15.9. The number of hydrogen-bond acceptors (Lipinski definition) is 6. The van der Waals surface area contributed by atoms with E-state index >= 15 is 0 Å². The summed E-state index contributed by atoms with van der Waals surface area (Å²) in [6.07, 6.45) is -0.668. The molecule has 3 rings (SSSR count). The minimum atomic E-state index is -0.668. The van der Waals surface area contributed by atoms with Crippen LogP contribution in [0, 0.1) is 6.92 Å². The molecule has 0 bridgehead atoms. The summed E-state index contributed by atoms with van der Waals surface area (Å²) in [5.74, 6) is 0.137. The van der Waals surface area contributed by atoms with E-state index in [4.69, 9.17) is 11.6 Å². The van der Waals surface area contributed by atoms with E-state index in [1.807, 2.05) is 30.5 Å². The fraction of sp³-hybridized carbons (Fsp3) is 0.267. The molecule has 3 aromatic rings. The third-order valence-corrected chi connectivity index (χ3v) is 4.63. The molecule has 0 fully saturated rings. The van der Waals surface area contributed by atoms with Crippen LogP contribution < -0.4 is 10.9 Å². The van der Waals surface area contributed by atoms with Crippen LogP contribution in [0.1, 0.15) is 5.69 Å². The van der Waals surface area contributed by atoms with Crippen molar-refractivity contribution in [3.63, 3.8) is 0 Å². The molecule has 0 aliphatic heterocycles. The van der Waals surface area contributed by atoms with Gasteiger partial charge in [-0.2, -0.15) is 10.1 Å². The van der Waals surface area contributed by atoms with Gasteiger partial charge in [-0.1, -0.05) is 18.2 Å². The Balaban J connectivity index is 2.06. The van der Waals surface area contributed by atoms with Crippen LogP contribution in [0.25, 0.3) is 16.2 Å². The average Bonchev–Trinajstić information content (AvgIpc) is 2.92. The number of fused-ring (bicyclic) bond motifs is 1. The largest absolute Gasteiger partial charge is 0.390 e. The highest BCUT2D eigenvalue weighted by Gasteiger charge is 2.14. The summed E-state index contributed by atoms with van der Waals surface area (Å²) in [5, 5.41) is 19.0. The Morgan fingerprint density at radius 1 is 1.43 bits per heavy atom. The molecule has 0 spiro atoms. The maximum absolute atomic E-state index is 12.3. The van der Waals surface area contributed by atoms with Gasteiger partial charge in [0, 0.05) is 23.2 Å². The van der Waals surface area contributed by atoms with Crippen molar-refractivity contribution >= 4 is 33.6 Å². The predicted molar refractivity (Wildman–Crippen MR) is 92.5 cm³/mol. The molecule has 0 amide bonds. The molecule has 8 heteroatoms. The average molecular weight is 351 g/mol. The Labute approximate surface area is 141 Å². The molecule has 120 valence electrons. The minimum Gasteiger partial charge on any atom is -0.390 e. The number of para-hydroxylation sites is 1. The van der Waals surface area contributed by atoms with E-state index in [0.29, 0.717) is 16.2 Å². The van der Waals surface area contributed by atoms with Gasteiger partial charge in [0.25, 0.3) is 0 Å². The van der Waals surface area contributed by atoms with Crippen molar-refractivity contribution in [3.05, 3.63) is 45.7 Å². The zero-order valence-corrected chi connectivity index (χ0v) is 13.9. The zero-order valence-electron chi connectivity index (χ0n) is 12.4. The van der Waals surface area contributed by atoms with Crippen molar-refractivity contribution in [1.29, 1.82) is 0 Å². The Morgan fingerprint density at radius 2 is 2.22 bits per heavy atom. The molecule has 2 heterocycles. The van der Waals surface area contributed by atoms with Gasteiger partial charge < -0.3 is 10.4 Å². The Kier molecular flexibility index (Phi) is 4.61. The number of alkyl halides is 1. The van der Waals surface area contributed by atoms with Crippen LogP contribution >= 0.6 is 22.9 Å². The molecule has 2 N–H and O–H groups in total. The number of nitrogens with one attached hydrogen (secondary N) is 1. The third-order valence-electron chi connectivity index (χ3n) is 3.34. The summed E-state index contributed by atoms with van der Waals surface area (Å²) in [7, 11) is 0. The molecule has 0 aliphatic rings. The fourth-order valence-corrected chi connectivity index (χ4v) is 3.07. The molecule has 1 unspecified atom stereocenters. The second-order valence-electron chi connectivity index (χ2n) is 5.07. The number of hydrogen-bond donors (Lipinski definition) is 2. The van der Waals surface area contributed by atoms with E-state index in [2.05, 4.69) is 15.4 Å². The molecule has 0 saturated heterocycles. The number of aliphatic hydroxyl groups excluding tert-OH is 1. The molecule has 1 aromatic carbocycles. The van der Waals surface area contributed by atoms with Gasteiger partial charge in [0.05, 0.1) is 17.7 Å². The van der Waals surface area contributed by atoms with E-state index in [1.54, 1.807) is 10.6 Å². The fourth-order valence-electron chi connectivity index (χ4n) is 2.16. The number of anilines is 1. The summed E-state index contributed by atoms with van der Waals surface area (Å²) in [6, 6.07) is 7.30. The SMILES string of the molecule is Cc1csc2nc(=O)c(-c3ccccc3NCC(O)CCl)nn12. The monoisotopic (exact) mass is 350 g/mol. The lowest BCUT2D eigenvalue weighted by atomic mass is 10.1. The van der Waals surface area contributed by atoms with Gasteiger partial charge >= 0.3 is 5.56 Å². The number of aliphatic hydroxyl groups is 1. The zero-order chi connectivity index (χ0) is 16.4. The summed E-state index contributed by atoms with van der Waals surface area (Å²) in [4.78, 5) is 17.0. The summed E-state index contributed by atoms with van der Waals surface area (Å²) >= 11 is 6.99. The lowest BCUT2D eigenvalue weighted by molar-refractivity contribution is 0.211. The van der Waals surface area contributed by atoms with Crippen molar-refractivity contribution in [2.24, 2.45) is 0 Å². The quantitative estimate of drug-likeness (QED) is 0.689. The van der Waals surface area contributed by atoms with Gasteiger partial charge in [0.1, 0.15) is 0 Å². The Morgan fingerprint density at radius 3 is 3.00 bits per heavy atom. The normalized spacial score (nSPS) is 12.5. The second kappa shape index (κ2) is 6.66. The van der Waals surface area contributed by atoms with E-state index in [0.717, 1.165) is 5.69 Å². The molecule has 0 aliphatic carbocycles. The number of aromatic nitrogens is 3.